The van der Waals surface area contributed by atoms with Gasteiger partial charge in [-0.25, -0.2) is 0 Å². The van der Waals surface area contributed by atoms with E-state index in [0.717, 1.165) is 20.4 Å². The number of rotatable bonds is 6. The Balaban J connectivity index is 2.42. The number of ether oxygens (including phenoxy) is 3. The molecule has 0 amide bonds. The van der Waals surface area contributed by atoms with Gasteiger partial charge in [0.05, 0.1) is 29.4 Å². The van der Waals surface area contributed by atoms with Crippen LogP contribution in [0.15, 0.2) is 36.4 Å². The van der Waals surface area contributed by atoms with Crippen molar-refractivity contribution < 1.29 is 14.2 Å². The number of methoxy groups -OCH3 is 2. The molecule has 4 nitrogen and oxygen atoms in total. The Labute approximate surface area is 161 Å². The number of hydrogen-bond donors (Lipinski definition) is 0. The van der Waals surface area contributed by atoms with Crippen LogP contribution in [0.3, 0.4) is 0 Å². The molecule has 0 spiro atoms. The van der Waals surface area contributed by atoms with Crippen LogP contribution in [0.5, 0.6) is 17.2 Å². The van der Waals surface area contributed by atoms with Crippen LogP contribution in [0.4, 0.5) is 0 Å². The molecule has 2 aromatic rings. The largest absolute Gasteiger partial charge is 0.497 e. The summed E-state index contributed by atoms with van der Waals surface area (Å²) in [5.41, 5.74) is 2.18. The Morgan fingerprint density at radius 1 is 1.20 bits per heavy atom. The van der Waals surface area contributed by atoms with E-state index in [1.165, 1.54) is 0 Å². The van der Waals surface area contributed by atoms with Crippen LogP contribution in [-0.4, -0.2) is 20.8 Å². The van der Waals surface area contributed by atoms with E-state index < -0.39 is 0 Å². The smallest absolute Gasteiger partial charge is 0.175 e. The summed E-state index contributed by atoms with van der Waals surface area (Å²) in [6.45, 7) is 0.164. The van der Waals surface area contributed by atoms with Gasteiger partial charge in [0.25, 0.3) is 0 Å². The lowest BCUT2D eigenvalue weighted by atomic mass is 10.0. The third kappa shape index (κ3) is 4.68. The first kappa shape index (κ1) is 18.7. The molecule has 2 rings (SSSR count). The van der Waals surface area contributed by atoms with E-state index in [1.54, 1.807) is 20.3 Å². The van der Waals surface area contributed by atoms with E-state index in [9.17, 15) is 5.26 Å². The third-order valence-electron chi connectivity index (χ3n) is 3.38. The number of nitrogens with zero attached hydrogens (tertiary/aromatic N) is 1. The van der Waals surface area contributed by atoms with E-state index in [2.05, 4.69) is 34.6 Å². The summed E-state index contributed by atoms with van der Waals surface area (Å²) >= 11 is 2.16. The second-order valence-corrected chi connectivity index (χ2v) is 6.09. The van der Waals surface area contributed by atoms with Crippen molar-refractivity contribution in [1.29, 1.82) is 5.26 Å². The van der Waals surface area contributed by atoms with Crippen LogP contribution < -0.4 is 14.2 Å². The van der Waals surface area contributed by atoms with Gasteiger partial charge < -0.3 is 14.2 Å². The minimum atomic E-state index is 0.164. The van der Waals surface area contributed by atoms with Crippen LogP contribution in [0.2, 0.25) is 0 Å². The maximum atomic E-state index is 9.50. The molecule has 0 aliphatic rings. The van der Waals surface area contributed by atoms with Gasteiger partial charge in [0, 0.05) is 0 Å². The Bertz CT molecular complexity index is 858. The maximum Gasteiger partial charge on any atom is 0.175 e. The second-order valence-electron chi connectivity index (χ2n) is 4.93. The molecule has 0 bridgehead atoms. The zero-order chi connectivity index (χ0) is 18.2. The fourth-order valence-electron chi connectivity index (χ4n) is 2.19. The number of benzene rings is 2. The fourth-order valence-corrected chi connectivity index (χ4v) is 2.98. The van der Waals surface area contributed by atoms with Crippen molar-refractivity contribution in [1.82, 2.24) is 0 Å². The van der Waals surface area contributed by atoms with Gasteiger partial charge in [0.1, 0.15) is 12.4 Å². The van der Waals surface area contributed by atoms with Gasteiger partial charge in [-0.05, 0) is 76.2 Å². The molecular weight excluding hydrogens is 429 g/mol. The maximum absolute atomic E-state index is 9.50. The van der Waals surface area contributed by atoms with Crippen LogP contribution in [0.1, 0.15) is 11.1 Å². The standard InChI is InChI=1S/C20H16INO3/c1-4-9-25-20-18(21)11-14(12-19(20)24-3)10-16(13-22)15-5-7-17(23-2)8-6-15/h1,5-8,10-12H,9H2,2-3H3/b16-10+. The number of allylic oxidation sites excluding steroid dienone is 1. The van der Waals surface area contributed by atoms with Gasteiger partial charge in [0.15, 0.2) is 11.5 Å². The first-order valence-electron chi connectivity index (χ1n) is 7.33. The summed E-state index contributed by atoms with van der Waals surface area (Å²) in [5, 5.41) is 9.50. The summed E-state index contributed by atoms with van der Waals surface area (Å²) in [6, 6.07) is 13.3. The summed E-state index contributed by atoms with van der Waals surface area (Å²) in [7, 11) is 3.17. The predicted octanol–water partition coefficient (Wildman–Crippen LogP) is 4.38. The average Bonchev–Trinajstić information content (AvgIpc) is 2.65. The highest BCUT2D eigenvalue weighted by Gasteiger charge is 2.11. The lowest BCUT2D eigenvalue weighted by Crippen LogP contribution is -1.99. The Morgan fingerprint density at radius 3 is 2.48 bits per heavy atom. The first-order valence-corrected chi connectivity index (χ1v) is 8.40. The Hall–Kier alpha value is -2.64. The van der Waals surface area contributed by atoms with E-state index in [-0.39, 0.29) is 6.61 Å². The number of nitriles is 1. The summed E-state index contributed by atoms with van der Waals surface area (Å²) in [6.07, 6.45) is 7.05. The van der Waals surface area contributed by atoms with Crippen LogP contribution in [-0.2, 0) is 0 Å². The fraction of sp³-hybridized carbons (Fsp3) is 0.150. The molecule has 0 N–H and O–H groups in total. The van der Waals surface area contributed by atoms with Gasteiger partial charge in [-0.3, -0.25) is 0 Å². The van der Waals surface area contributed by atoms with Gasteiger partial charge in [-0.15, -0.1) is 6.42 Å². The molecule has 0 saturated carbocycles. The lowest BCUT2D eigenvalue weighted by Gasteiger charge is -2.12. The van der Waals surface area contributed by atoms with E-state index in [1.807, 2.05) is 36.4 Å². The van der Waals surface area contributed by atoms with Crippen molar-refractivity contribution >= 4 is 34.2 Å². The van der Waals surface area contributed by atoms with Gasteiger partial charge in [0.2, 0.25) is 0 Å². The molecule has 0 heterocycles. The quantitative estimate of drug-likeness (QED) is 0.287. The van der Waals surface area contributed by atoms with Gasteiger partial charge >= 0.3 is 0 Å². The molecular formula is C20H16INO3. The normalized spacial score (nSPS) is 10.5. The molecule has 0 aliphatic carbocycles. The number of halogens is 1. The zero-order valence-electron chi connectivity index (χ0n) is 13.9. The van der Waals surface area contributed by atoms with Crippen LogP contribution in [0, 0.1) is 27.2 Å². The highest BCUT2D eigenvalue weighted by molar-refractivity contribution is 14.1. The van der Waals surface area contributed by atoms with Crippen LogP contribution in [0.25, 0.3) is 11.6 Å². The molecule has 0 fully saturated rings. The minimum Gasteiger partial charge on any atom is -0.497 e. The molecule has 0 aromatic heterocycles. The highest BCUT2D eigenvalue weighted by atomic mass is 127. The minimum absolute atomic E-state index is 0.164. The first-order chi connectivity index (χ1) is 12.1. The van der Waals surface area contributed by atoms with Crippen molar-refractivity contribution in [3.63, 3.8) is 0 Å². The summed E-state index contributed by atoms with van der Waals surface area (Å²) < 4.78 is 16.9. The van der Waals surface area contributed by atoms with E-state index in [4.69, 9.17) is 20.6 Å². The Morgan fingerprint density at radius 2 is 1.92 bits per heavy atom. The molecule has 0 atom stereocenters. The van der Waals surface area contributed by atoms with E-state index >= 15 is 0 Å². The Kier molecular flexibility index (Phi) is 6.73. The molecule has 0 saturated heterocycles. The van der Waals surface area contributed by atoms with Gasteiger partial charge in [-0.1, -0.05) is 5.92 Å². The molecule has 25 heavy (non-hydrogen) atoms. The van der Waals surface area contributed by atoms with Crippen molar-refractivity contribution in [3.05, 3.63) is 51.1 Å². The second kappa shape index (κ2) is 9.00. The SMILES string of the molecule is C#CCOc1c(I)cc(/C=C(\C#N)c2ccc(OC)cc2)cc1OC. The third-order valence-corrected chi connectivity index (χ3v) is 4.19. The van der Waals surface area contributed by atoms with Gasteiger partial charge in [-0.2, -0.15) is 5.26 Å². The number of terminal acetylenes is 1. The highest BCUT2D eigenvalue weighted by Crippen LogP contribution is 2.35. The van der Waals surface area contributed by atoms with Crippen molar-refractivity contribution in [2.24, 2.45) is 0 Å². The summed E-state index contributed by atoms with van der Waals surface area (Å²) in [4.78, 5) is 0. The topological polar surface area (TPSA) is 51.5 Å². The molecule has 0 radical (unpaired) electrons. The molecule has 5 heteroatoms. The zero-order valence-corrected chi connectivity index (χ0v) is 16.0. The van der Waals surface area contributed by atoms with Crippen LogP contribution >= 0.6 is 22.6 Å². The lowest BCUT2D eigenvalue weighted by molar-refractivity contribution is 0.328. The summed E-state index contributed by atoms with van der Waals surface area (Å²) in [5.74, 6) is 4.35. The molecule has 126 valence electrons. The molecule has 2 aromatic carbocycles. The molecule has 0 unspecified atom stereocenters. The predicted molar refractivity (Wildman–Crippen MR) is 107 cm³/mol. The number of hydrogen-bond acceptors (Lipinski definition) is 4. The van der Waals surface area contributed by atoms with Crippen molar-refractivity contribution in [3.8, 4) is 35.7 Å². The van der Waals surface area contributed by atoms with Crippen molar-refractivity contribution in [2.75, 3.05) is 20.8 Å². The van der Waals surface area contributed by atoms with Crippen molar-refractivity contribution in [2.45, 2.75) is 0 Å². The monoisotopic (exact) mass is 445 g/mol. The molecule has 0 aliphatic heterocycles. The van der Waals surface area contributed by atoms with E-state index in [0.29, 0.717) is 17.1 Å². The average molecular weight is 445 g/mol.